The van der Waals surface area contributed by atoms with Crippen LogP contribution in [0.1, 0.15) is 5.56 Å². The van der Waals surface area contributed by atoms with Crippen molar-refractivity contribution >= 4 is 10.1 Å². The fraction of sp³-hybridized carbons (Fsp3) is 0.400. The van der Waals surface area contributed by atoms with Gasteiger partial charge in [0, 0.05) is 6.54 Å². The summed E-state index contributed by atoms with van der Waals surface area (Å²) in [4.78, 5) is 1.97. The maximum absolute atomic E-state index is 11.0. The molecule has 15 heavy (non-hydrogen) atoms. The van der Waals surface area contributed by atoms with Crippen molar-refractivity contribution in [1.29, 1.82) is 0 Å². The summed E-state index contributed by atoms with van der Waals surface area (Å²) < 4.78 is 31.1. The van der Waals surface area contributed by atoms with E-state index >= 15 is 0 Å². The average molecular weight is 229 g/mol. The molecule has 0 aliphatic heterocycles. The number of rotatable bonds is 4. The lowest BCUT2D eigenvalue weighted by molar-refractivity contribution is 0.411. The van der Waals surface area contributed by atoms with Crippen LogP contribution < -0.4 is 0 Å². The van der Waals surface area contributed by atoms with Crippen LogP contribution in [-0.2, 0) is 16.5 Å². The van der Waals surface area contributed by atoms with Crippen molar-refractivity contribution in [1.82, 2.24) is 4.90 Å². The predicted octanol–water partition coefficient (Wildman–Crippen LogP) is 1.04. The van der Waals surface area contributed by atoms with Gasteiger partial charge in [-0.2, -0.15) is 8.42 Å². The lowest BCUT2D eigenvalue weighted by Gasteiger charge is -2.11. The summed E-state index contributed by atoms with van der Waals surface area (Å²) in [6, 6.07) is 6.49. The van der Waals surface area contributed by atoms with Crippen LogP contribution >= 0.6 is 0 Å². The second-order valence-corrected chi connectivity index (χ2v) is 5.03. The van der Waals surface area contributed by atoms with Crippen LogP contribution in [0.3, 0.4) is 0 Å². The standard InChI is InChI=1S/C10H15NO3S/c1-11(2)8-7-9-5-3-4-6-10(9)15(12,13)14/h3-6H,7-8H2,1-2H3,(H,12,13,14). The SMILES string of the molecule is CN(C)CCc1ccccc1S(=O)(=O)O. The molecule has 1 aromatic rings. The van der Waals surface area contributed by atoms with Crippen molar-refractivity contribution in [2.45, 2.75) is 11.3 Å². The molecule has 0 aliphatic carbocycles. The molecular formula is C10H15NO3S. The van der Waals surface area contributed by atoms with Gasteiger partial charge in [-0.25, -0.2) is 0 Å². The van der Waals surface area contributed by atoms with E-state index in [9.17, 15) is 8.42 Å². The molecule has 0 spiro atoms. The molecule has 0 amide bonds. The number of hydrogen-bond donors (Lipinski definition) is 1. The predicted molar refractivity (Wildman–Crippen MR) is 58.5 cm³/mol. The lowest BCUT2D eigenvalue weighted by Crippen LogP contribution is -2.16. The highest BCUT2D eigenvalue weighted by Gasteiger charge is 2.13. The van der Waals surface area contributed by atoms with Gasteiger partial charge in [-0.15, -0.1) is 0 Å². The first-order chi connectivity index (χ1) is 6.91. The zero-order valence-electron chi connectivity index (χ0n) is 8.84. The van der Waals surface area contributed by atoms with Gasteiger partial charge >= 0.3 is 0 Å². The Bertz CT molecular complexity index is 426. The third-order valence-electron chi connectivity index (χ3n) is 2.08. The molecule has 0 aliphatic rings. The van der Waals surface area contributed by atoms with Crippen molar-refractivity contribution in [3.63, 3.8) is 0 Å². The highest BCUT2D eigenvalue weighted by Crippen LogP contribution is 2.15. The van der Waals surface area contributed by atoms with E-state index in [-0.39, 0.29) is 4.90 Å². The molecule has 0 unspecified atom stereocenters. The van der Waals surface area contributed by atoms with Crippen LogP contribution in [0.2, 0.25) is 0 Å². The summed E-state index contributed by atoms with van der Waals surface area (Å²) in [7, 11) is -0.274. The minimum absolute atomic E-state index is 0.00634. The van der Waals surface area contributed by atoms with Crippen molar-refractivity contribution in [2.75, 3.05) is 20.6 Å². The van der Waals surface area contributed by atoms with Gasteiger partial charge in [0.15, 0.2) is 0 Å². The van der Waals surface area contributed by atoms with Crippen molar-refractivity contribution < 1.29 is 13.0 Å². The topological polar surface area (TPSA) is 57.6 Å². The fourth-order valence-corrected chi connectivity index (χ4v) is 2.06. The van der Waals surface area contributed by atoms with Gasteiger partial charge in [0.2, 0.25) is 0 Å². The molecule has 0 saturated carbocycles. The maximum Gasteiger partial charge on any atom is 0.294 e. The van der Waals surface area contributed by atoms with Crippen LogP contribution in [0.15, 0.2) is 29.2 Å². The zero-order valence-corrected chi connectivity index (χ0v) is 9.66. The Labute approximate surface area is 90.3 Å². The quantitative estimate of drug-likeness (QED) is 0.784. The van der Waals surface area contributed by atoms with Gasteiger partial charge in [0.1, 0.15) is 0 Å². The molecule has 5 heteroatoms. The maximum atomic E-state index is 11.0. The highest BCUT2D eigenvalue weighted by molar-refractivity contribution is 7.85. The number of nitrogens with zero attached hydrogens (tertiary/aromatic N) is 1. The Balaban J connectivity index is 2.98. The smallest absolute Gasteiger partial charge is 0.294 e. The van der Waals surface area contributed by atoms with E-state index in [2.05, 4.69) is 0 Å². The second kappa shape index (κ2) is 4.74. The molecule has 0 bridgehead atoms. The number of hydrogen-bond acceptors (Lipinski definition) is 3. The average Bonchev–Trinajstić information content (AvgIpc) is 2.13. The summed E-state index contributed by atoms with van der Waals surface area (Å²) in [6.07, 6.45) is 0.600. The largest absolute Gasteiger partial charge is 0.309 e. The van der Waals surface area contributed by atoms with E-state index in [1.54, 1.807) is 18.2 Å². The van der Waals surface area contributed by atoms with E-state index in [1.165, 1.54) is 6.07 Å². The lowest BCUT2D eigenvalue weighted by atomic mass is 10.1. The third-order valence-corrected chi connectivity index (χ3v) is 3.03. The molecule has 0 atom stereocenters. The molecule has 0 saturated heterocycles. The van der Waals surface area contributed by atoms with Crippen molar-refractivity contribution in [3.05, 3.63) is 29.8 Å². The zero-order chi connectivity index (χ0) is 11.5. The van der Waals surface area contributed by atoms with Gasteiger partial charge in [0.25, 0.3) is 10.1 Å². The summed E-state index contributed by atoms with van der Waals surface area (Å²) in [6.45, 7) is 0.743. The third kappa shape index (κ3) is 3.62. The van der Waals surface area contributed by atoms with Gasteiger partial charge < -0.3 is 4.90 Å². The van der Waals surface area contributed by atoms with Crippen molar-refractivity contribution in [3.8, 4) is 0 Å². The molecule has 1 rings (SSSR count). The van der Waals surface area contributed by atoms with Crippen LogP contribution in [-0.4, -0.2) is 38.5 Å². The molecule has 0 aromatic heterocycles. The normalized spacial score (nSPS) is 12.0. The number of likely N-dealkylation sites (N-methyl/N-ethyl adjacent to an activating group) is 1. The molecule has 1 aromatic carbocycles. The van der Waals surface area contributed by atoms with Crippen LogP contribution in [0.4, 0.5) is 0 Å². The number of benzene rings is 1. The van der Waals surface area contributed by atoms with Gasteiger partial charge in [-0.1, -0.05) is 18.2 Å². The first-order valence-electron chi connectivity index (χ1n) is 4.61. The Hall–Kier alpha value is -0.910. The Morgan fingerprint density at radius 3 is 2.40 bits per heavy atom. The van der Waals surface area contributed by atoms with Gasteiger partial charge in [0.05, 0.1) is 4.90 Å². The molecule has 4 nitrogen and oxygen atoms in total. The first kappa shape index (κ1) is 12.2. The summed E-state index contributed by atoms with van der Waals surface area (Å²) in [5, 5.41) is 0. The molecule has 84 valence electrons. The van der Waals surface area contributed by atoms with Gasteiger partial charge in [-0.3, -0.25) is 4.55 Å². The Morgan fingerprint density at radius 1 is 1.27 bits per heavy atom. The summed E-state index contributed by atoms with van der Waals surface area (Å²) >= 11 is 0. The molecule has 0 radical (unpaired) electrons. The fourth-order valence-electron chi connectivity index (χ4n) is 1.31. The first-order valence-corrected chi connectivity index (χ1v) is 6.05. The molecule has 0 fully saturated rings. The van der Waals surface area contributed by atoms with Gasteiger partial charge in [-0.05, 0) is 32.1 Å². The monoisotopic (exact) mass is 229 g/mol. The van der Waals surface area contributed by atoms with E-state index in [0.29, 0.717) is 12.0 Å². The minimum Gasteiger partial charge on any atom is -0.309 e. The summed E-state index contributed by atoms with van der Waals surface area (Å²) in [5.74, 6) is 0. The molecular weight excluding hydrogens is 214 g/mol. The van der Waals surface area contributed by atoms with E-state index in [4.69, 9.17) is 4.55 Å². The Morgan fingerprint density at radius 2 is 1.87 bits per heavy atom. The summed E-state index contributed by atoms with van der Waals surface area (Å²) in [5.41, 5.74) is 0.647. The van der Waals surface area contributed by atoms with E-state index in [1.807, 2.05) is 19.0 Å². The molecule has 0 heterocycles. The van der Waals surface area contributed by atoms with Crippen LogP contribution in [0.25, 0.3) is 0 Å². The van der Waals surface area contributed by atoms with Crippen molar-refractivity contribution in [2.24, 2.45) is 0 Å². The minimum atomic E-state index is -4.10. The molecule has 1 N–H and O–H groups in total. The van der Waals surface area contributed by atoms with E-state index in [0.717, 1.165) is 6.54 Å². The Kier molecular flexibility index (Phi) is 3.84. The highest BCUT2D eigenvalue weighted by atomic mass is 32.2. The van der Waals surface area contributed by atoms with E-state index < -0.39 is 10.1 Å². The van der Waals surface area contributed by atoms with Crippen LogP contribution in [0, 0.1) is 0 Å². The van der Waals surface area contributed by atoms with Crippen LogP contribution in [0.5, 0.6) is 0 Å². The second-order valence-electron chi connectivity index (χ2n) is 3.64.